The lowest BCUT2D eigenvalue weighted by molar-refractivity contribution is -0.119. The lowest BCUT2D eigenvalue weighted by Gasteiger charge is -2.29. The highest BCUT2D eigenvalue weighted by atomic mass is 79.9. The van der Waals surface area contributed by atoms with E-state index in [0.717, 1.165) is 35.2 Å². The van der Waals surface area contributed by atoms with Crippen LogP contribution in [0.15, 0.2) is 52.0 Å². The second-order valence-corrected chi connectivity index (χ2v) is 11.0. The first-order valence-electron chi connectivity index (χ1n) is 11.6. The largest absolute Gasteiger partial charge is 0.284 e. The highest BCUT2D eigenvalue weighted by Crippen LogP contribution is 2.44. The van der Waals surface area contributed by atoms with Crippen molar-refractivity contribution < 1.29 is 4.79 Å². The Morgan fingerprint density at radius 1 is 1.12 bits per heavy atom. The number of nitrogens with one attached hydrogen (secondary N) is 1. The fourth-order valence-corrected chi connectivity index (χ4v) is 6.39. The molecule has 34 heavy (non-hydrogen) atoms. The maximum atomic E-state index is 13.5. The van der Waals surface area contributed by atoms with Gasteiger partial charge < -0.3 is 0 Å². The van der Waals surface area contributed by atoms with E-state index in [2.05, 4.69) is 45.4 Å². The normalized spacial score (nSPS) is 26.2. The highest BCUT2D eigenvalue weighted by Gasteiger charge is 2.43. The molecule has 9 heteroatoms. The number of hydrogen-bond donors (Lipinski definition) is 1. The van der Waals surface area contributed by atoms with E-state index in [1.54, 1.807) is 12.1 Å². The molecule has 1 saturated heterocycles. The van der Waals surface area contributed by atoms with E-state index in [9.17, 15) is 4.79 Å². The maximum Gasteiger partial charge on any atom is 0.282 e. The quantitative estimate of drug-likeness (QED) is 0.415. The van der Waals surface area contributed by atoms with E-state index < -0.39 is 0 Å². The number of benzene rings is 2. The molecule has 5 rings (SSSR count). The third-order valence-electron chi connectivity index (χ3n) is 7.24. The van der Waals surface area contributed by atoms with Crippen molar-refractivity contribution in [3.05, 3.63) is 62.5 Å². The Morgan fingerprint density at radius 2 is 1.79 bits per heavy atom. The van der Waals surface area contributed by atoms with Gasteiger partial charge in [-0.05, 0) is 67.0 Å². The molecule has 0 spiro atoms. The summed E-state index contributed by atoms with van der Waals surface area (Å²) >= 11 is 16.3. The van der Waals surface area contributed by atoms with Crippen LogP contribution in [0, 0.1) is 17.8 Å². The van der Waals surface area contributed by atoms with Crippen LogP contribution in [0.4, 0.5) is 5.69 Å². The minimum absolute atomic E-state index is 0. The van der Waals surface area contributed by atoms with E-state index >= 15 is 0 Å². The van der Waals surface area contributed by atoms with Crippen LogP contribution in [0.2, 0.25) is 10.0 Å². The Kier molecular flexibility index (Phi) is 8.15. The van der Waals surface area contributed by atoms with Crippen molar-refractivity contribution in [2.75, 3.05) is 18.1 Å². The van der Waals surface area contributed by atoms with Gasteiger partial charge in [0, 0.05) is 28.5 Å². The number of hydrazine groups is 1. The molecule has 1 saturated carbocycles. The van der Waals surface area contributed by atoms with Gasteiger partial charge in [-0.15, -0.1) is 12.4 Å². The van der Waals surface area contributed by atoms with Crippen molar-refractivity contribution >= 4 is 68.8 Å². The summed E-state index contributed by atoms with van der Waals surface area (Å²) in [4.78, 5) is 13.5. The van der Waals surface area contributed by atoms with Gasteiger partial charge in [0.2, 0.25) is 0 Å². The lowest BCUT2D eigenvalue weighted by Crippen LogP contribution is -2.45. The number of carbonyl (C=O) groups excluding carboxylic acids is 1. The van der Waals surface area contributed by atoms with Crippen molar-refractivity contribution in [2.24, 2.45) is 22.9 Å². The number of fused-ring (bicyclic) bond motifs is 1. The topological polar surface area (TPSA) is 47.9 Å². The zero-order valence-electron chi connectivity index (χ0n) is 18.9. The SMILES string of the molecule is CCC1C(C(=O)NN2CC3CCCC3C2)=NN(c2ccc(Cl)cc2Cl)C1c1ccc(Br)cc1.Cl. The van der Waals surface area contributed by atoms with Crippen LogP contribution < -0.4 is 10.4 Å². The van der Waals surface area contributed by atoms with E-state index in [1.165, 1.54) is 19.3 Å². The van der Waals surface area contributed by atoms with Gasteiger partial charge in [0.25, 0.3) is 5.91 Å². The van der Waals surface area contributed by atoms with Gasteiger partial charge in [-0.2, -0.15) is 5.10 Å². The Morgan fingerprint density at radius 3 is 2.41 bits per heavy atom. The van der Waals surface area contributed by atoms with Crippen LogP contribution >= 0.6 is 51.5 Å². The van der Waals surface area contributed by atoms with Gasteiger partial charge in [0.1, 0.15) is 5.71 Å². The number of rotatable bonds is 5. The predicted molar refractivity (Wildman–Crippen MR) is 145 cm³/mol. The van der Waals surface area contributed by atoms with E-state index in [1.807, 2.05) is 23.2 Å². The van der Waals surface area contributed by atoms with Crippen LogP contribution in [0.3, 0.4) is 0 Å². The molecule has 1 N–H and O–H groups in total. The molecule has 5 nitrogen and oxygen atoms in total. The summed E-state index contributed by atoms with van der Waals surface area (Å²) in [6.07, 6.45) is 4.63. The Labute approximate surface area is 225 Å². The average Bonchev–Trinajstić information content (AvgIpc) is 3.47. The monoisotopic (exact) mass is 584 g/mol. The summed E-state index contributed by atoms with van der Waals surface area (Å²) in [6, 6.07) is 13.4. The van der Waals surface area contributed by atoms with Gasteiger partial charge in [-0.3, -0.25) is 15.2 Å². The van der Waals surface area contributed by atoms with E-state index in [4.69, 9.17) is 28.3 Å². The predicted octanol–water partition coefficient (Wildman–Crippen LogP) is 6.88. The van der Waals surface area contributed by atoms with Crippen molar-refractivity contribution in [2.45, 2.75) is 38.6 Å². The fraction of sp³-hybridized carbons (Fsp3) is 0.440. The Bertz CT molecular complexity index is 1070. The van der Waals surface area contributed by atoms with Gasteiger partial charge in [-0.1, -0.05) is 64.6 Å². The molecule has 2 fully saturated rings. The molecule has 182 valence electrons. The third kappa shape index (κ3) is 4.98. The molecule has 2 aliphatic heterocycles. The first-order chi connectivity index (χ1) is 15.9. The molecular formula is C25H28BrCl3N4O. The standard InChI is InChI=1S/C25H27BrCl2N4O.ClH/c1-2-20-23(25(33)30-31-13-16-4-3-5-17(16)14-31)29-32(22-11-10-19(27)12-21(22)28)24(20)15-6-8-18(26)9-7-15;/h6-12,16-17,20,24H,2-5,13-14H2,1H3,(H,30,33);1H. The van der Waals surface area contributed by atoms with Crippen LogP contribution in [0.5, 0.6) is 0 Å². The minimum Gasteiger partial charge on any atom is -0.284 e. The minimum atomic E-state index is -0.138. The van der Waals surface area contributed by atoms with Crippen molar-refractivity contribution in [3.63, 3.8) is 0 Å². The number of halogens is 4. The first-order valence-corrected chi connectivity index (χ1v) is 13.1. The van der Waals surface area contributed by atoms with Gasteiger partial charge in [-0.25, -0.2) is 5.01 Å². The summed E-state index contributed by atoms with van der Waals surface area (Å²) in [6.45, 7) is 3.97. The van der Waals surface area contributed by atoms with Gasteiger partial charge >= 0.3 is 0 Å². The molecule has 4 atom stereocenters. The fourth-order valence-electron chi connectivity index (χ4n) is 5.63. The van der Waals surface area contributed by atoms with Crippen LogP contribution in [-0.4, -0.2) is 29.7 Å². The Balaban J connectivity index is 0.00000274. The molecule has 1 aliphatic carbocycles. The first kappa shape index (κ1) is 25.8. The van der Waals surface area contributed by atoms with Gasteiger partial charge in [0.15, 0.2) is 0 Å². The second-order valence-electron chi connectivity index (χ2n) is 9.23. The van der Waals surface area contributed by atoms with E-state index in [-0.39, 0.29) is 30.3 Å². The molecule has 2 heterocycles. The summed E-state index contributed by atoms with van der Waals surface area (Å²) in [5.74, 6) is 1.23. The number of carbonyl (C=O) groups is 1. The molecule has 2 aromatic rings. The van der Waals surface area contributed by atoms with Crippen molar-refractivity contribution in [3.8, 4) is 0 Å². The Hall–Kier alpha value is -1.31. The smallest absolute Gasteiger partial charge is 0.282 e. The average molecular weight is 587 g/mol. The zero-order chi connectivity index (χ0) is 23.1. The zero-order valence-corrected chi connectivity index (χ0v) is 22.8. The summed E-state index contributed by atoms with van der Waals surface area (Å²) in [7, 11) is 0. The van der Waals surface area contributed by atoms with Gasteiger partial charge in [0.05, 0.1) is 16.8 Å². The number of nitrogens with zero attached hydrogens (tertiary/aromatic N) is 3. The molecule has 4 unspecified atom stereocenters. The third-order valence-corrected chi connectivity index (χ3v) is 8.30. The number of amides is 1. The molecule has 3 aliphatic rings. The maximum absolute atomic E-state index is 13.5. The van der Waals surface area contributed by atoms with Crippen LogP contribution in [-0.2, 0) is 4.79 Å². The summed E-state index contributed by atoms with van der Waals surface area (Å²) in [5, 5.41) is 9.93. The molecule has 0 aromatic heterocycles. The molecule has 1 amide bonds. The second kappa shape index (κ2) is 10.8. The lowest BCUT2D eigenvalue weighted by atomic mass is 9.87. The number of hydrazone groups is 1. The molecule has 2 aromatic carbocycles. The van der Waals surface area contributed by atoms with Crippen LogP contribution in [0.25, 0.3) is 0 Å². The number of hydrogen-bond acceptors (Lipinski definition) is 4. The molecular weight excluding hydrogens is 559 g/mol. The molecule has 0 radical (unpaired) electrons. The summed E-state index contributed by atoms with van der Waals surface area (Å²) < 4.78 is 1.01. The van der Waals surface area contributed by atoms with E-state index in [0.29, 0.717) is 27.6 Å². The van der Waals surface area contributed by atoms with Crippen molar-refractivity contribution in [1.82, 2.24) is 10.4 Å². The highest BCUT2D eigenvalue weighted by molar-refractivity contribution is 9.10. The van der Waals surface area contributed by atoms with Crippen LogP contribution in [0.1, 0.15) is 44.2 Å². The van der Waals surface area contributed by atoms with Crippen molar-refractivity contribution in [1.29, 1.82) is 0 Å². The molecule has 0 bridgehead atoms. The summed E-state index contributed by atoms with van der Waals surface area (Å²) in [5.41, 5.74) is 5.54. The number of anilines is 1.